The zero-order chi connectivity index (χ0) is 11.3. The van der Waals surface area contributed by atoms with Crippen LogP contribution < -0.4 is 11.1 Å². The molecule has 1 amide bonds. The molecule has 0 fully saturated rings. The zero-order valence-electron chi connectivity index (χ0n) is 9.16. The molecule has 1 rings (SSSR count). The van der Waals surface area contributed by atoms with Crippen molar-refractivity contribution in [3.8, 4) is 0 Å². The second kappa shape index (κ2) is 4.89. The summed E-state index contributed by atoms with van der Waals surface area (Å²) >= 11 is 0. The van der Waals surface area contributed by atoms with E-state index >= 15 is 0 Å². The van der Waals surface area contributed by atoms with Gasteiger partial charge in [-0.05, 0) is 38.9 Å². The number of nitrogens with two attached hydrogens (primary N) is 1. The molecule has 0 atom stereocenters. The van der Waals surface area contributed by atoms with Gasteiger partial charge < -0.3 is 11.1 Å². The van der Waals surface area contributed by atoms with Gasteiger partial charge in [0.15, 0.2) is 0 Å². The molecular weight excluding hydrogens is 190 g/mol. The summed E-state index contributed by atoms with van der Waals surface area (Å²) in [5.41, 5.74) is 5.76. The monoisotopic (exact) mass is 207 g/mol. The predicted octanol–water partition coefficient (Wildman–Crippen LogP) is 0.939. The van der Waals surface area contributed by atoms with Gasteiger partial charge in [0.2, 0.25) is 0 Å². The maximum Gasteiger partial charge on any atom is 0.253 e. The first-order chi connectivity index (χ1) is 7.05. The van der Waals surface area contributed by atoms with Gasteiger partial charge in [0.1, 0.15) is 0 Å². The first kappa shape index (κ1) is 11.7. The summed E-state index contributed by atoms with van der Waals surface area (Å²) in [6.45, 7) is 4.46. The summed E-state index contributed by atoms with van der Waals surface area (Å²) < 4.78 is 0. The van der Waals surface area contributed by atoms with Gasteiger partial charge in [0.05, 0.1) is 5.56 Å². The Bertz CT molecular complexity index is 322. The van der Waals surface area contributed by atoms with Crippen LogP contribution in [0.2, 0.25) is 0 Å². The van der Waals surface area contributed by atoms with Crippen molar-refractivity contribution in [1.82, 2.24) is 10.3 Å². The van der Waals surface area contributed by atoms with Crippen molar-refractivity contribution in [2.75, 3.05) is 6.54 Å². The normalized spacial score (nSPS) is 11.1. The molecule has 0 bridgehead atoms. The highest BCUT2D eigenvalue weighted by Crippen LogP contribution is 2.08. The topological polar surface area (TPSA) is 68.0 Å². The number of pyridine rings is 1. The summed E-state index contributed by atoms with van der Waals surface area (Å²) in [5, 5.41) is 2.91. The van der Waals surface area contributed by atoms with E-state index in [0.717, 1.165) is 6.42 Å². The summed E-state index contributed by atoms with van der Waals surface area (Å²) in [5.74, 6) is -0.110. The molecule has 0 saturated heterocycles. The highest BCUT2D eigenvalue weighted by molar-refractivity contribution is 5.94. The van der Waals surface area contributed by atoms with Gasteiger partial charge in [-0.2, -0.15) is 0 Å². The van der Waals surface area contributed by atoms with Gasteiger partial charge in [0.25, 0.3) is 5.91 Å². The number of nitrogens with zero attached hydrogens (tertiary/aromatic N) is 1. The minimum Gasteiger partial charge on any atom is -0.347 e. The molecule has 0 aliphatic heterocycles. The van der Waals surface area contributed by atoms with Crippen LogP contribution in [0.1, 0.15) is 30.6 Å². The van der Waals surface area contributed by atoms with Crippen LogP contribution in [-0.2, 0) is 0 Å². The molecule has 4 nitrogen and oxygen atoms in total. The number of aromatic nitrogens is 1. The highest BCUT2D eigenvalue weighted by Gasteiger charge is 2.19. The standard InChI is InChI=1S/C11H17N3O/c1-11(2,5-6-12)14-10(15)9-4-3-7-13-8-9/h3-4,7-8H,5-6,12H2,1-2H3,(H,14,15). The second-order valence-corrected chi connectivity index (χ2v) is 4.12. The van der Waals surface area contributed by atoms with E-state index in [-0.39, 0.29) is 11.4 Å². The number of hydrogen-bond donors (Lipinski definition) is 2. The Morgan fingerprint density at radius 2 is 2.33 bits per heavy atom. The quantitative estimate of drug-likeness (QED) is 0.772. The summed E-state index contributed by atoms with van der Waals surface area (Å²) in [7, 11) is 0. The van der Waals surface area contributed by atoms with Crippen molar-refractivity contribution < 1.29 is 4.79 Å². The molecule has 15 heavy (non-hydrogen) atoms. The van der Waals surface area contributed by atoms with E-state index in [1.807, 2.05) is 13.8 Å². The van der Waals surface area contributed by atoms with E-state index in [0.29, 0.717) is 12.1 Å². The Kier molecular flexibility index (Phi) is 3.80. The molecule has 1 aromatic rings. The van der Waals surface area contributed by atoms with Crippen molar-refractivity contribution in [2.45, 2.75) is 25.8 Å². The number of carbonyl (C=O) groups excluding carboxylic acids is 1. The van der Waals surface area contributed by atoms with Crippen LogP contribution in [0.3, 0.4) is 0 Å². The average Bonchev–Trinajstić information content (AvgIpc) is 2.18. The third-order valence-corrected chi connectivity index (χ3v) is 2.14. The largest absolute Gasteiger partial charge is 0.347 e. The van der Waals surface area contributed by atoms with Gasteiger partial charge in [-0.3, -0.25) is 9.78 Å². The maximum atomic E-state index is 11.7. The lowest BCUT2D eigenvalue weighted by Crippen LogP contribution is -2.44. The van der Waals surface area contributed by atoms with Crippen LogP contribution in [0, 0.1) is 0 Å². The number of amides is 1. The Labute approximate surface area is 89.9 Å². The SMILES string of the molecule is CC(C)(CCN)NC(=O)c1cccnc1. The van der Waals surface area contributed by atoms with Crippen LogP contribution in [0.4, 0.5) is 0 Å². The molecule has 0 radical (unpaired) electrons. The van der Waals surface area contributed by atoms with Crippen molar-refractivity contribution in [3.05, 3.63) is 30.1 Å². The Morgan fingerprint density at radius 1 is 1.60 bits per heavy atom. The molecule has 0 spiro atoms. The van der Waals surface area contributed by atoms with Crippen molar-refractivity contribution in [1.29, 1.82) is 0 Å². The van der Waals surface area contributed by atoms with E-state index < -0.39 is 0 Å². The third-order valence-electron chi connectivity index (χ3n) is 2.14. The fourth-order valence-corrected chi connectivity index (χ4v) is 1.30. The third kappa shape index (κ3) is 3.67. The number of rotatable bonds is 4. The van der Waals surface area contributed by atoms with E-state index in [1.165, 1.54) is 0 Å². The number of nitrogens with one attached hydrogen (secondary N) is 1. The molecule has 0 saturated carbocycles. The van der Waals surface area contributed by atoms with Crippen LogP contribution in [0.5, 0.6) is 0 Å². The van der Waals surface area contributed by atoms with Gasteiger partial charge in [-0.25, -0.2) is 0 Å². The van der Waals surface area contributed by atoms with E-state index in [2.05, 4.69) is 10.3 Å². The molecule has 0 aliphatic carbocycles. The zero-order valence-corrected chi connectivity index (χ0v) is 9.16. The number of hydrogen-bond acceptors (Lipinski definition) is 3. The predicted molar refractivity (Wildman–Crippen MR) is 59.5 cm³/mol. The lowest BCUT2D eigenvalue weighted by Gasteiger charge is -2.25. The summed E-state index contributed by atoms with van der Waals surface area (Å²) in [4.78, 5) is 15.6. The first-order valence-corrected chi connectivity index (χ1v) is 4.98. The van der Waals surface area contributed by atoms with Gasteiger partial charge in [-0.15, -0.1) is 0 Å². The summed E-state index contributed by atoms with van der Waals surface area (Å²) in [6, 6.07) is 3.48. The summed E-state index contributed by atoms with van der Waals surface area (Å²) in [6.07, 6.45) is 3.94. The van der Waals surface area contributed by atoms with Crippen LogP contribution in [0.15, 0.2) is 24.5 Å². The Morgan fingerprint density at radius 3 is 2.87 bits per heavy atom. The van der Waals surface area contributed by atoms with E-state index in [1.54, 1.807) is 24.5 Å². The Hall–Kier alpha value is -1.42. The number of carbonyl (C=O) groups is 1. The molecule has 4 heteroatoms. The molecule has 1 aromatic heterocycles. The van der Waals surface area contributed by atoms with E-state index in [9.17, 15) is 4.79 Å². The van der Waals surface area contributed by atoms with Crippen molar-refractivity contribution >= 4 is 5.91 Å². The van der Waals surface area contributed by atoms with E-state index in [4.69, 9.17) is 5.73 Å². The lowest BCUT2D eigenvalue weighted by molar-refractivity contribution is 0.0910. The molecular formula is C11H17N3O. The second-order valence-electron chi connectivity index (χ2n) is 4.12. The molecule has 0 aliphatic rings. The molecule has 82 valence electrons. The smallest absolute Gasteiger partial charge is 0.253 e. The highest BCUT2D eigenvalue weighted by atomic mass is 16.1. The molecule has 1 heterocycles. The lowest BCUT2D eigenvalue weighted by atomic mass is 10.0. The first-order valence-electron chi connectivity index (χ1n) is 4.98. The fraction of sp³-hybridized carbons (Fsp3) is 0.455. The van der Waals surface area contributed by atoms with Crippen LogP contribution in [-0.4, -0.2) is 23.0 Å². The minimum absolute atomic E-state index is 0.110. The minimum atomic E-state index is -0.276. The van der Waals surface area contributed by atoms with Gasteiger partial charge >= 0.3 is 0 Å². The van der Waals surface area contributed by atoms with Crippen molar-refractivity contribution in [3.63, 3.8) is 0 Å². The molecule has 3 N–H and O–H groups in total. The van der Waals surface area contributed by atoms with Crippen LogP contribution in [0.25, 0.3) is 0 Å². The average molecular weight is 207 g/mol. The van der Waals surface area contributed by atoms with Crippen LogP contribution >= 0.6 is 0 Å². The molecule has 0 aromatic carbocycles. The van der Waals surface area contributed by atoms with Gasteiger partial charge in [-0.1, -0.05) is 0 Å². The maximum absolute atomic E-state index is 11.7. The fourth-order valence-electron chi connectivity index (χ4n) is 1.30. The Balaban J connectivity index is 2.64. The van der Waals surface area contributed by atoms with Crippen molar-refractivity contribution in [2.24, 2.45) is 5.73 Å². The van der Waals surface area contributed by atoms with Gasteiger partial charge in [0, 0.05) is 17.9 Å². The molecule has 0 unspecified atom stereocenters.